The van der Waals surface area contributed by atoms with Crippen LogP contribution in [-0.4, -0.2) is 38.8 Å². The van der Waals surface area contributed by atoms with Gasteiger partial charge in [-0.05, 0) is 32.4 Å². The largest absolute Gasteiger partial charge is 0.444 e. The summed E-state index contributed by atoms with van der Waals surface area (Å²) < 4.78 is 7.18. The minimum absolute atomic E-state index is 0.289. The van der Waals surface area contributed by atoms with Gasteiger partial charge in [-0.15, -0.1) is 0 Å². The summed E-state index contributed by atoms with van der Waals surface area (Å²) in [6.45, 7) is 6.63. The first-order chi connectivity index (χ1) is 13.2. The maximum absolute atomic E-state index is 12.8. The minimum atomic E-state index is -0.568. The van der Waals surface area contributed by atoms with E-state index in [4.69, 9.17) is 16.3 Å². The Balaban J connectivity index is 1.75. The van der Waals surface area contributed by atoms with Crippen molar-refractivity contribution in [2.75, 3.05) is 6.54 Å². The molecule has 7 nitrogen and oxygen atoms in total. The SMILES string of the molecule is Cn1nc(C(=O)NCc2ccccc2Cl)c2c1CCN(C(=O)OC(C)(C)C)C2. The maximum atomic E-state index is 12.8. The Morgan fingerprint density at radius 2 is 2.00 bits per heavy atom. The second-order valence-corrected chi connectivity index (χ2v) is 8.23. The van der Waals surface area contributed by atoms with Crippen LogP contribution in [0.4, 0.5) is 4.79 Å². The second-order valence-electron chi connectivity index (χ2n) is 7.82. The van der Waals surface area contributed by atoms with Gasteiger partial charge in [0.05, 0.1) is 6.54 Å². The first-order valence-corrected chi connectivity index (χ1v) is 9.58. The van der Waals surface area contributed by atoms with E-state index in [1.54, 1.807) is 15.6 Å². The van der Waals surface area contributed by atoms with Gasteiger partial charge in [-0.3, -0.25) is 9.48 Å². The van der Waals surface area contributed by atoms with Crippen molar-refractivity contribution in [1.29, 1.82) is 0 Å². The Morgan fingerprint density at radius 3 is 2.68 bits per heavy atom. The first kappa shape index (κ1) is 20.2. The van der Waals surface area contributed by atoms with Gasteiger partial charge in [0.2, 0.25) is 0 Å². The fourth-order valence-electron chi connectivity index (χ4n) is 3.16. The zero-order valence-corrected chi connectivity index (χ0v) is 17.3. The van der Waals surface area contributed by atoms with E-state index in [1.165, 1.54) is 0 Å². The number of halogens is 1. The summed E-state index contributed by atoms with van der Waals surface area (Å²) in [6.07, 6.45) is 0.236. The van der Waals surface area contributed by atoms with Crippen molar-refractivity contribution in [3.8, 4) is 0 Å². The molecule has 0 unspecified atom stereocenters. The van der Waals surface area contributed by atoms with Gasteiger partial charge in [0, 0.05) is 42.8 Å². The number of aryl methyl sites for hydroxylation is 1. The Kier molecular flexibility index (Phi) is 5.65. The fraction of sp³-hybridized carbons (Fsp3) is 0.450. The van der Waals surface area contributed by atoms with Crippen LogP contribution in [0.5, 0.6) is 0 Å². The molecule has 0 aliphatic carbocycles. The number of carbonyl (C=O) groups is 2. The first-order valence-electron chi connectivity index (χ1n) is 9.20. The van der Waals surface area contributed by atoms with E-state index in [2.05, 4.69) is 10.4 Å². The highest BCUT2D eigenvalue weighted by molar-refractivity contribution is 6.31. The molecule has 2 aromatic rings. The smallest absolute Gasteiger partial charge is 0.410 e. The number of rotatable bonds is 3. The molecule has 1 N–H and O–H groups in total. The second kappa shape index (κ2) is 7.83. The van der Waals surface area contributed by atoms with Crippen molar-refractivity contribution in [3.05, 3.63) is 51.8 Å². The van der Waals surface area contributed by atoms with Gasteiger partial charge < -0.3 is 15.0 Å². The van der Waals surface area contributed by atoms with Crippen molar-refractivity contribution in [2.45, 2.75) is 45.9 Å². The Morgan fingerprint density at radius 1 is 1.29 bits per heavy atom. The molecular formula is C20H25ClN4O3. The highest BCUT2D eigenvalue weighted by atomic mass is 35.5. The van der Waals surface area contributed by atoms with E-state index in [1.807, 2.05) is 46.0 Å². The van der Waals surface area contributed by atoms with Crippen LogP contribution in [0.3, 0.4) is 0 Å². The number of benzene rings is 1. The van der Waals surface area contributed by atoms with Crippen LogP contribution in [0.15, 0.2) is 24.3 Å². The zero-order chi connectivity index (χ0) is 20.5. The molecule has 1 aromatic heterocycles. The van der Waals surface area contributed by atoms with E-state index in [-0.39, 0.29) is 12.0 Å². The number of ether oxygens (including phenoxy) is 1. The molecular weight excluding hydrogens is 380 g/mol. The van der Waals surface area contributed by atoms with Crippen molar-refractivity contribution >= 4 is 23.6 Å². The number of hydrogen-bond acceptors (Lipinski definition) is 4. The topological polar surface area (TPSA) is 76.5 Å². The predicted octanol–water partition coefficient (Wildman–Crippen LogP) is 3.30. The Labute approximate surface area is 169 Å². The summed E-state index contributed by atoms with van der Waals surface area (Å²) in [5.41, 5.74) is 2.32. The lowest BCUT2D eigenvalue weighted by Gasteiger charge is -2.30. The van der Waals surface area contributed by atoms with Crippen LogP contribution in [0.25, 0.3) is 0 Å². The quantitative estimate of drug-likeness (QED) is 0.851. The lowest BCUT2D eigenvalue weighted by Crippen LogP contribution is -2.40. The lowest BCUT2D eigenvalue weighted by atomic mass is 10.0. The van der Waals surface area contributed by atoms with E-state index >= 15 is 0 Å². The molecule has 2 amide bonds. The van der Waals surface area contributed by atoms with Crippen LogP contribution in [0.2, 0.25) is 5.02 Å². The van der Waals surface area contributed by atoms with Crippen molar-refractivity contribution in [3.63, 3.8) is 0 Å². The molecule has 0 radical (unpaired) electrons. The third-order valence-electron chi connectivity index (χ3n) is 4.51. The number of hydrogen-bond donors (Lipinski definition) is 1. The summed E-state index contributed by atoms with van der Waals surface area (Å²) in [7, 11) is 1.81. The number of nitrogens with zero attached hydrogens (tertiary/aromatic N) is 3. The van der Waals surface area contributed by atoms with Crippen LogP contribution < -0.4 is 5.32 Å². The van der Waals surface area contributed by atoms with Gasteiger partial charge in [0.15, 0.2) is 5.69 Å². The monoisotopic (exact) mass is 404 g/mol. The maximum Gasteiger partial charge on any atom is 0.410 e. The normalized spacial score (nSPS) is 13.8. The summed E-state index contributed by atoms with van der Waals surface area (Å²) in [5, 5.41) is 7.86. The summed E-state index contributed by atoms with van der Waals surface area (Å²) in [6, 6.07) is 7.36. The third kappa shape index (κ3) is 4.47. The molecule has 28 heavy (non-hydrogen) atoms. The summed E-state index contributed by atoms with van der Waals surface area (Å²) in [4.78, 5) is 26.8. The molecule has 0 spiro atoms. The molecule has 0 atom stereocenters. The molecule has 1 aliphatic rings. The third-order valence-corrected chi connectivity index (χ3v) is 4.88. The minimum Gasteiger partial charge on any atom is -0.444 e. The molecule has 0 saturated carbocycles. The number of fused-ring (bicyclic) bond motifs is 1. The van der Waals surface area contributed by atoms with Crippen LogP contribution >= 0.6 is 11.6 Å². The fourth-order valence-corrected chi connectivity index (χ4v) is 3.36. The van der Waals surface area contributed by atoms with E-state index in [0.717, 1.165) is 16.8 Å². The van der Waals surface area contributed by atoms with Crippen molar-refractivity contribution < 1.29 is 14.3 Å². The van der Waals surface area contributed by atoms with E-state index < -0.39 is 5.60 Å². The molecule has 1 aliphatic heterocycles. The highest BCUT2D eigenvalue weighted by Gasteiger charge is 2.31. The average Bonchev–Trinajstić information content (AvgIpc) is 2.96. The van der Waals surface area contributed by atoms with Crippen LogP contribution in [0, 0.1) is 0 Å². The molecule has 3 rings (SSSR count). The van der Waals surface area contributed by atoms with E-state index in [0.29, 0.717) is 36.8 Å². The highest BCUT2D eigenvalue weighted by Crippen LogP contribution is 2.24. The lowest BCUT2D eigenvalue weighted by molar-refractivity contribution is 0.0221. The summed E-state index contributed by atoms with van der Waals surface area (Å²) >= 11 is 6.15. The molecule has 8 heteroatoms. The average molecular weight is 405 g/mol. The van der Waals surface area contributed by atoms with Gasteiger partial charge in [-0.25, -0.2) is 4.79 Å². The van der Waals surface area contributed by atoms with Crippen molar-refractivity contribution in [2.24, 2.45) is 7.05 Å². The Bertz CT molecular complexity index is 901. The van der Waals surface area contributed by atoms with Crippen LogP contribution in [-0.2, 0) is 31.3 Å². The molecule has 0 fully saturated rings. The molecule has 1 aromatic carbocycles. The molecule has 0 saturated heterocycles. The molecule has 2 heterocycles. The number of carbonyl (C=O) groups excluding carboxylic acids is 2. The van der Waals surface area contributed by atoms with Crippen LogP contribution in [0.1, 0.15) is 48.1 Å². The number of aromatic nitrogens is 2. The van der Waals surface area contributed by atoms with Gasteiger partial charge in [-0.1, -0.05) is 29.8 Å². The molecule has 0 bridgehead atoms. The van der Waals surface area contributed by atoms with Gasteiger partial charge in [0.1, 0.15) is 5.60 Å². The van der Waals surface area contributed by atoms with Gasteiger partial charge in [-0.2, -0.15) is 5.10 Å². The van der Waals surface area contributed by atoms with Crippen molar-refractivity contribution in [1.82, 2.24) is 20.0 Å². The molecule has 150 valence electrons. The Hall–Kier alpha value is -2.54. The zero-order valence-electron chi connectivity index (χ0n) is 16.6. The number of nitrogens with one attached hydrogen (secondary N) is 1. The van der Waals surface area contributed by atoms with E-state index in [9.17, 15) is 9.59 Å². The number of amides is 2. The van der Waals surface area contributed by atoms with Gasteiger partial charge >= 0.3 is 6.09 Å². The summed E-state index contributed by atoms with van der Waals surface area (Å²) in [5.74, 6) is -0.289. The van der Waals surface area contributed by atoms with Gasteiger partial charge in [0.25, 0.3) is 5.91 Å². The predicted molar refractivity (Wildman–Crippen MR) is 106 cm³/mol. The standard InChI is InChI=1S/C20H25ClN4O3/c1-20(2,3)28-19(27)25-10-9-16-14(12-25)17(23-24(16)4)18(26)22-11-13-7-5-6-8-15(13)21/h5-8H,9-12H2,1-4H3,(H,22,26).